The van der Waals surface area contributed by atoms with Crippen molar-refractivity contribution in [3.63, 3.8) is 0 Å². The molecular weight excluding hydrogens is 126 g/mol. The van der Waals surface area contributed by atoms with Crippen LogP contribution in [0.1, 0.15) is 13.8 Å². The van der Waals surface area contributed by atoms with E-state index in [-0.39, 0.29) is 0 Å². The van der Waals surface area contributed by atoms with Gasteiger partial charge >= 0.3 is 0 Å². The summed E-state index contributed by atoms with van der Waals surface area (Å²) in [4.78, 5) is 3.91. The van der Waals surface area contributed by atoms with Gasteiger partial charge < -0.3 is 5.11 Å². The van der Waals surface area contributed by atoms with E-state index < -0.39 is 5.60 Å². The zero-order valence-electron chi connectivity index (χ0n) is 6.20. The fourth-order valence-electron chi connectivity index (χ4n) is 0.692. The highest BCUT2D eigenvalue weighted by atomic mass is 16.3. The average Bonchev–Trinajstić information content (AvgIpc) is 1.94. The number of hydrogen-bond acceptors (Lipinski definition) is 2. The third kappa shape index (κ3) is 1.81. The van der Waals surface area contributed by atoms with Crippen molar-refractivity contribution in [3.05, 3.63) is 23.9 Å². The molecule has 0 bridgehead atoms. The molecule has 0 aromatic heterocycles. The fraction of sp³-hybridized carbons (Fsp3) is 0.375. The molecule has 0 aromatic carbocycles. The summed E-state index contributed by atoms with van der Waals surface area (Å²) < 4.78 is 0. The van der Waals surface area contributed by atoms with Crippen molar-refractivity contribution in [2.24, 2.45) is 4.99 Å². The Morgan fingerprint density at radius 2 is 2.30 bits per heavy atom. The molecule has 2 nitrogen and oxygen atoms in total. The largest absolute Gasteiger partial charge is 0.380 e. The molecule has 1 unspecified atom stereocenters. The first-order chi connectivity index (χ1) is 4.60. The van der Waals surface area contributed by atoms with E-state index in [2.05, 4.69) is 4.99 Å². The van der Waals surface area contributed by atoms with Gasteiger partial charge in [0.2, 0.25) is 0 Å². The molecule has 0 aliphatic carbocycles. The lowest BCUT2D eigenvalue weighted by molar-refractivity contribution is 0.190. The number of aliphatic hydroxyl groups is 1. The van der Waals surface area contributed by atoms with E-state index in [0.29, 0.717) is 0 Å². The summed E-state index contributed by atoms with van der Waals surface area (Å²) in [5.74, 6) is 0. The minimum absolute atomic E-state index is 0.881. The molecule has 0 saturated carbocycles. The molecule has 1 atom stereocenters. The van der Waals surface area contributed by atoms with Gasteiger partial charge in [-0.25, -0.2) is 0 Å². The van der Waals surface area contributed by atoms with E-state index in [4.69, 9.17) is 0 Å². The average molecular weight is 137 g/mol. The smallest absolute Gasteiger partial charge is 0.115 e. The normalized spacial score (nSPS) is 31.7. The summed E-state index contributed by atoms with van der Waals surface area (Å²) in [6.45, 7) is 3.63. The Bertz CT molecular complexity index is 211. The van der Waals surface area contributed by atoms with E-state index in [1.165, 1.54) is 6.21 Å². The van der Waals surface area contributed by atoms with Crippen molar-refractivity contribution in [3.8, 4) is 0 Å². The van der Waals surface area contributed by atoms with Crippen molar-refractivity contribution in [2.75, 3.05) is 0 Å². The number of nitrogens with zero attached hydrogens (tertiary/aromatic N) is 1. The van der Waals surface area contributed by atoms with Crippen molar-refractivity contribution >= 4 is 6.21 Å². The Hall–Kier alpha value is -0.890. The van der Waals surface area contributed by atoms with E-state index >= 15 is 0 Å². The van der Waals surface area contributed by atoms with Crippen LogP contribution in [0, 0.1) is 0 Å². The molecule has 1 N–H and O–H groups in total. The maximum Gasteiger partial charge on any atom is 0.115 e. The third-order valence-electron chi connectivity index (χ3n) is 1.30. The molecule has 0 amide bonds. The molecule has 1 aliphatic heterocycles. The van der Waals surface area contributed by atoms with Crippen LogP contribution in [0.3, 0.4) is 0 Å². The molecule has 10 heavy (non-hydrogen) atoms. The second kappa shape index (κ2) is 2.39. The first-order valence-corrected chi connectivity index (χ1v) is 3.23. The highest BCUT2D eigenvalue weighted by molar-refractivity contribution is 5.72. The lowest BCUT2D eigenvalue weighted by Gasteiger charge is -2.09. The molecule has 0 aromatic rings. The summed E-state index contributed by atoms with van der Waals surface area (Å²) in [6.07, 6.45) is 6.81. The predicted octanol–water partition coefficient (Wildman–Crippen LogP) is 1.28. The maximum atomic E-state index is 9.40. The molecule has 0 fully saturated rings. The number of allylic oxidation sites excluding steroid dienone is 2. The minimum Gasteiger partial charge on any atom is -0.380 e. The first kappa shape index (κ1) is 7.22. The van der Waals surface area contributed by atoms with E-state index in [1.54, 1.807) is 19.2 Å². The zero-order valence-corrected chi connectivity index (χ0v) is 6.20. The fourth-order valence-corrected chi connectivity index (χ4v) is 0.692. The Morgan fingerprint density at radius 3 is 3.00 bits per heavy atom. The van der Waals surface area contributed by atoms with E-state index in [9.17, 15) is 5.11 Å². The summed E-state index contributed by atoms with van der Waals surface area (Å²) in [7, 11) is 0. The van der Waals surface area contributed by atoms with Gasteiger partial charge in [0, 0.05) is 12.4 Å². The molecule has 54 valence electrons. The topological polar surface area (TPSA) is 32.6 Å². The molecular formula is C8H11NO. The van der Waals surface area contributed by atoms with Crippen molar-refractivity contribution in [1.29, 1.82) is 0 Å². The van der Waals surface area contributed by atoms with Crippen LogP contribution in [0.5, 0.6) is 0 Å². The van der Waals surface area contributed by atoms with E-state index in [1.807, 2.05) is 13.0 Å². The molecule has 2 heteroatoms. The number of aliphatic imine (C=N–C) groups is 1. The number of rotatable bonds is 0. The summed E-state index contributed by atoms with van der Waals surface area (Å²) in [6, 6.07) is 0. The second-order valence-electron chi connectivity index (χ2n) is 2.71. The summed E-state index contributed by atoms with van der Waals surface area (Å²) in [5, 5.41) is 9.40. The Balaban J connectivity index is 2.88. The van der Waals surface area contributed by atoms with Crippen LogP contribution < -0.4 is 0 Å². The van der Waals surface area contributed by atoms with Crippen molar-refractivity contribution < 1.29 is 5.11 Å². The Kier molecular flexibility index (Phi) is 1.72. The summed E-state index contributed by atoms with van der Waals surface area (Å²) >= 11 is 0. The summed E-state index contributed by atoms with van der Waals surface area (Å²) in [5.41, 5.74) is 0.169. The van der Waals surface area contributed by atoms with Crippen LogP contribution >= 0.6 is 0 Å². The van der Waals surface area contributed by atoms with Gasteiger partial charge in [-0.05, 0) is 25.5 Å². The third-order valence-corrected chi connectivity index (χ3v) is 1.30. The highest BCUT2D eigenvalue weighted by Crippen LogP contribution is 2.08. The van der Waals surface area contributed by atoms with Crippen LogP contribution in [0.2, 0.25) is 0 Å². The lowest BCUT2D eigenvalue weighted by atomic mass is 10.1. The van der Waals surface area contributed by atoms with Crippen molar-refractivity contribution in [2.45, 2.75) is 19.4 Å². The van der Waals surface area contributed by atoms with Crippen LogP contribution in [0.25, 0.3) is 0 Å². The van der Waals surface area contributed by atoms with Crippen molar-refractivity contribution in [1.82, 2.24) is 0 Å². The van der Waals surface area contributed by atoms with E-state index in [0.717, 1.165) is 5.57 Å². The van der Waals surface area contributed by atoms with Crippen LogP contribution in [-0.4, -0.2) is 16.9 Å². The maximum absolute atomic E-state index is 9.40. The van der Waals surface area contributed by atoms with Gasteiger partial charge in [-0.3, -0.25) is 4.99 Å². The standard InChI is InChI=1S/C8H11NO/c1-7-3-4-8(2,10)6-9-5-7/h3-6,10H,1-2H3. The molecule has 0 spiro atoms. The molecule has 0 saturated heterocycles. The lowest BCUT2D eigenvalue weighted by Crippen LogP contribution is -2.21. The van der Waals surface area contributed by atoms with Gasteiger partial charge in [-0.15, -0.1) is 0 Å². The molecule has 1 heterocycles. The molecule has 0 radical (unpaired) electrons. The van der Waals surface area contributed by atoms with Crippen LogP contribution in [-0.2, 0) is 0 Å². The Labute approximate surface area is 60.6 Å². The van der Waals surface area contributed by atoms with Gasteiger partial charge in [0.15, 0.2) is 0 Å². The first-order valence-electron chi connectivity index (χ1n) is 3.23. The Morgan fingerprint density at radius 1 is 1.60 bits per heavy atom. The van der Waals surface area contributed by atoms with Gasteiger partial charge in [-0.1, -0.05) is 6.08 Å². The predicted molar refractivity (Wildman–Crippen MR) is 42.0 cm³/mol. The quantitative estimate of drug-likeness (QED) is 0.536. The van der Waals surface area contributed by atoms with Gasteiger partial charge in [0.25, 0.3) is 0 Å². The second-order valence-corrected chi connectivity index (χ2v) is 2.71. The SMILES string of the molecule is CC1=CN=CC(C)(O)C=C1. The number of hydrogen-bond donors (Lipinski definition) is 1. The highest BCUT2D eigenvalue weighted by Gasteiger charge is 2.12. The molecule has 1 aliphatic rings. The monoisotopic (exact) mass is 137 g/mol. The van der Waals surface area contributed by atoms with Gasteiger partial charge in [0.1, 0.15) is 5.60 Å². The van der Waals surface area contributed by atoms with Gasteiger partial charge in [0.05, 0.1) is 0 Å². The minimum atomic E-state index is -0.881. The van der Waals surface area contributed by atoms with Crippen LogP contribution in [0.15, 0.2) is 28.9 Å². The van der Waals surface area contributed by atoms with Crippen LogP contribution in [0.4, 0.5) is 0 Å². The molecule has 1 rings (SSSR count). The van der Waals surface area contributed by atoms with Gasteiger partial charge in [-0.2, -0.15) is 0 Å². The zero-order chi connectivity index (χ0) is 7.61.